The first-order valence-corrected chi connectivity index (χ1v) is 7.54. The first-order chi connectivity index (χ1) is 8.54. The quantitative estimate of drug-likeness (QED) is 0.846. The highest BCUT2D eigenvalue weighted by atomic mass is 32.2. The molecule has 0 aliphatic heterocycles. The Bertz CT molecular complexity index is 639. The summed E-state index contributed by atoms with van der Waals surface area (Å²) >= 11 is 0. The molecule has 0 amide bonds. The van der Waals surface area contributed by atoms with Crippen LogP contribution in [0.15, 0.2) is 60.0 Å². The van der Waals surface area contributed by atoms with Gasteiger partial charge in [-0.15, -0.1) is 0 Å². The first-order valence-electron chi connectivity index (χ1n) is 5.58. The van der Waals surface area contributed by atoms with Crippen LogP contribution in [0.3, 0.4) is 0 Å². The van der Waals surface area contributed by atoms with E-state index < -0.39 is 9.84 Å². The largest absolute Gasteiger partial charge is 0.225 e. The second-order valence-electron chi connectivity index (χ2n) is 4.12. The summed E-state index contributed by atoms with van der Waals surface area (Å²) < 4.78 is 22.0. The molecule has 0 saturated heterocycles. The number of sulfone groups is 1. The Morgan fingerprint density at radius 2 is 1.39 bits per heavy atom. The van der Waals surface area contributed by atoms with E-state index in [9.17, 15) is 8.42 Å². The lowest BCUT2D eigenvalue weighted by Gasteiger charge is -2.01. The minimum absolute atomic E-state index is 0.875. The molecule has 0 aromatic heterocycles. The molecule has 3 heteroatoms. The molecule has 2 nitrogen and oxygen atoms in total. The lowest BCUT2D eigenvalue weighted by molar-refractivity contribution is 0.610. The monoisotopic (exact) mass is 258 g/mol. The van der Waals surface area contributed by atoms with Gasteiger partial charge >= 0.3 is 0 Å². The van der Waals surface area contributed by atoms with Gasteiger partial charge in [0.05, 0.1) is 0 Å². The molecule has 2 aromatic carbocycles. The summed E-state index contributed by atoms with van der Waals surface area (Å²) in [6, 6.07) is 17.8. The van der Waals surface area contributed by atoms with Crippen molar-refractivity contribution in [3.8, 4) is 11.1 Å². The van der Waals surface area contributed by atoms with Crippen LogP contribution in [0.1, 0.15) is 5.56 Å². The van der Waals surface area contributed by atoms with E-state index in [4.69, 9.17) is 0 Å². The molecule has 0 heterocycles. The van der Waals surface area contributed by atoms with Gasteiger partial charge in [0.2, 0.25) is 0 Å². The van der Waals surface area contributed by atoms with Crippen LogP contribution in [0, 0.1) is 0 Å². The molecule has 0 fully saturated rings. The smallest absolute Gasteiger partial charge is 0.168 e. The molecule has 0 aliphatic rings. The molecular weight excluding hydrogens is 244 g/mol. The highest BCUT2D eigenvalue weighted by Crippen LogP contribution is 2.19. The van der Waals surface area contributed by atoms with Crippen LogP contribution in [-0.2, 0) is 9.84 Å². The predicted octanol–water partition coefficient (Wildman–Crippen LogP) is 3.37. The number of hydrogen-bond donors (Lipinski definition) is 0. The van der Waals surface area contributed by atoms with Gasteiger partial charge in [0, 0.05) is 11.7 Å². The molecule has 0 spiro atoms. The maximum atomic E-state index is 11.0. The Morgan fingerprint density at radius 1 is 0.833 bits per heavy atom. The summed E-state index contributed by atoms with van der Waals surface area (Å²) in [7, 11) is -3.07. The zero-order valence-corrected chi connectivity index (χ0v) is 10.9. The molecule has 0 radical (unpaired) electrons. The first kappa shape index (κ1) is 12.6. The van der Waals surface area contributed by atoms with Crippen LogP contribution >= 0.6 is 0 Å². The van der Waals surface area contributed by atoms with Gasteiger partial charge in [-0.2, -0.15) is 0 Å². The van der Waals surface area contributed by atoms with Crippen molar-refractivity contribution in [1.82, 2.24) is 0 Å². The fourth-order valence-corrected chi connectivity index (χ4v) is 2.02. The summed E-state index contributed by atoms with van der Waals surface area (Å²) in [6.07, 6.45) is 2.78. The van der Waals surface area contributed by atoms with E-state index >= 15 is 0 Å². The number of benzene rings is 2. The molecular formula is C15H14O2S. The standard InChI is InChI=1S/C15H14O2S/c1-18(16,17)12-11-13-7-9-15(10-8-13)14-5-3-2-4-6-14/h2-12H,1H3/b12-11+. The Balaban J connectivity index is 2.24. The van der Waals surface area contributed by atoms with Gasteiger partial charge in [-0.25, -0.2) is 8.42 Å². The van der Waals surface area contributed by atoms with Crippen molar-refractivity contribution in [1.29, 1.82) is 0 Å². The second-order valence-corrected chi connectivity index (χ2v) is 6.05. The maximum absolute atomic E-state index is 11.0. The van der Waals surface area contributed by atoms with Crippen molar-refractivity contribution in [2.75, 3.05) is 6.26 Å². The Labute approximate surface area is 108 Å². The van der Waals surface area contributed by atoms with Crippen molar-refractivity contribution in [2.45, 2.75) is 0 Å². The minimum atomic E-state index is -3.07. The molecule has 0 unspecified atom stereocenters. The third-order valence-electron chi connectivity index (χ3n) is 2.53. The third-order valence-corrected chi connectivity index (χ3v) is 3.16. The maximum Gasteiger partial charge on any atom is 0.168 e. The second kappa shape index (κ2) is 5.19. The fraction of sp³-hybridized carbons (Fsp3) is 0.0667. The third kappa shape index (κ3) is 3.57. The van der Waals surface area contributed by atoms with E-state index in [2.05, 4.69) is 0 Å². The Kier molecular flexibility index (Phi) is 3.63. The molecule has 92 valence electrons. The summed E-state index contributed by atoms with van der Waals surface area (Å²) in [5.74, 6) is 0. The van der Waals surface area contributed by atoms with Gasteiger partial charge < -0.3 is 0 Å². The van der Waals surface area contributed by atoms with E-state index in [0.29, 0.717) is 0 Å². The van der Waals surface area contributed by atoms with Crippen molar-refractivity contribution in [2.24, 2.45) is 0 Å². The molecule has 0 N–H and O–H groups in total. The van der Waals surface area contributed by atoms with Crippen molar-refractivity contribution < 1.29 is 8.42 Å². The lowest BCUT2D eigenvalue weighted by atomic mass is 10.0. The van der Waals surface area contributed by atoms with Crippen LogP contribution in [0.4, 0.5) is 0 Å². The molecule has 18 heavy (non-hydrogen) atoms. The summed E-state index contributed by atoms with van der Waals surface area (Å²) in [5.41, 5.74) is 3.14. The van der Waals surface area contributed by atoms with Gasteiger partial charge in [0.1, 0.15) is 0 Å². The molecule has 0 atom stereocenters. The summed E-state index contributed by atoms with van der Waals surface area (Å²) in [6.45, 7) is 0. The van der Waals surface area contributed by atoms with E-state index in [0.717, 1.165) is 16.7 Å². The normalized spacial score (nSPS) is 11.8. The number of rotatable bonds is 3. The molecule has 0 bridgehead atoms. The minimum Gasteiger partial charge on any atom is -0.225 e. The van der Waals surface area contributed by atoms with E-state index in [1.165, 1.54) is 11.7 Å². The van der Waals surface area contributed by atoms with Crippen LogP contribution < -0.4 is 0 Å². The van der Waals surface area contributed by atoms with Gasteiger partial charge in [0.25, 0.3) is 0 Å². The number of hydrogen-bond acceptors (Lipinski definition) is 2. The van der Waals surface area contributed by atoms with Crippen molar-refractivity contribution >= 4 is 15.9 Å². The summed E-state index contributed by atoms with van der Waals surface area (Å²) in [4.78, 5) is 0. The topological polar surface area (TPSA) is 34.1 Å². The van der Waals surface area contributed by atoms with Crippen LogP contribution in [0.2, 0.25) is 0 Å². The van der Waals surface area contributed by atoms with Gasteiger partial charge in [-0.05, 0) is 22.8 Å². The average Bonchev–Trinajstić information content (AvgIpc) is 2.37. The summed E-state index contributed by atoms with van der Waals surface area (Å²) in [5, 5.41) is 1.21. The van der Waals surface area contributed by atoms with Crippen LogP contribution in [-0.4, -0.2) is 14.7 Å². The van der Waals surface area contributed by atoms with E-state index in [1.54, 1.807) is 6.08 Å². The Hall–Kier alpha value is -1.87. The molecule has 2 rings (SSSR count). The van der Waals surface area contributed by atoms with Gasteiger partial charge in [-0.1, -0.05) is 54.6 Å². The van der Waals surface area contributed by atoms with E-state index in [-0.39, 0.29) is 0 Å². The van der Waals surface area contributed by atoms with Crippen molar-refractivity contribution in [3.63, 3.8) is 0 Å². The molecule has 0 aliphatic carbocycles. The zero-order chi connectivity index (χ0) is 13.0. The van der Waals surface area contributed by atoms with Gasteiger partial charge in [0.15, 0.2) is 9.84 Å². The van der Waals surface area contributed by atoms with Crippen molar-refractivity contribution in [3.05, 3.63) is 65.6 Å². The fourth-order valence-electron chi connectivity index (χ4n) is 1.62. The van der Waals surface area contributed by atoms with Crippen LogP contribution in [0.25, 0.3) is 17.2 Å². The molecule has 0 saturated carbocycles. The van der Waals surface area contributed by atoms with E-state index in [1.807, 2.05) is 54.6 Å². The van der Waals surface area contributed by atoms with Gasteiger partial charge in [-0.3, -0.25) is 0 Å². The Morgan fingerprint density at radius 3 is 1.94 bits per heavy atom. The van der Waals surface area contributed by atoms with Crippen LogP contribution in [0.5, 0.6) is 0 Å². The average molecular weight is 258 g/mol. The highest BCUT2D eigenvalue weighted by molar-refractivity contribution is 7.93. The zero-order valence-electron chi connectivity index (χ0n) is 10.1. The highest BCUT2D eigenvalue weighted by Gasteiger charge is 1.97. The lowest BCUT2D eigenvalue weighted by Crippen LogP contribution is -1.87. The predicted molar refractivity (Wildman–Crippen MR) is 75.8 cm³/mol. The molecule has 2 aromatic rings. The SMILES string of the molecule is CS(=O)(=O)/C=C/c1ccc(-c2ccccc2)cc1.